The van der Waals surface area contributed by atoms with Crippen LogP contribution in [-0.4, -0.2) is 65.8 Å². The van der Waals surface area contributed by atoms with Crippen molar-refractivity contribution in [2.45, 2.75) is 11.8 Å². The predicted octanol–water partition coefficient (Wildman–Crippen LogP) is 4.39. The number of carboxylic acid groups (broad SMARTS) is 1. The van der Waals surface area contributed by atoms with Crippen LogP contribution in [-0.2, 0) is 14.8 Å². The Morgan fingerprint density at radius 1 is 1.09 bits per heavy atom. The van der Waals surface area contributed by atoms with Crippen LogP contribution in [0.25, 0.3) is 5.69 Å². The molecule has 1 aromatic heterocycles. The van der Waals surface area contributed by atoms with Crippen molar-refractivity contribution in [3.8, 4) is 5.69 Å². The zero-order chi connectivity index (χ0) is 31.7. The standard InChI is InChI=1S/C24H19ClN6O6S.C3H7NO/c1-15-19(23(25)30(28-15)16-7-3-2-4-8-16)14-26-27-21-12-11-17(31(34)35)13-22(21)38(36,37)29-20-10-6-5-9-18(20)24(32)33;1-4(2)3-5/h2-14,27,29H,1H3,(H,32,33);3H,1-2H3/b26-14+;. The molecule has 3 aromatic carbocycles. The Balaban J connectivity index is 0.000000934. The summed E-state index contributed by atoms with van der Waals surface area (Å²) in [6.45, 7) is 1.72. The number of halogens is 1. The molecule has 0 bridgehead atoms. The number of benzene rings is 3. The van der Waals surface area contributed by atoms with E-state index in [0.29, 0.717) is 11.3 Å². The number of nitrogens with zero attached hydrogens (tertiary/aromatic N) is 5. The molecule has 0 aliphatic carbocycles. The Morgan fingerprint density at radius 3 is 2.33 bits per heavy atom. The third-order valence-corrected chi connectivity index (χ3v) is 7.27. The van der Waals surface area contributed by atoms with Crippen LogP contribution in [0, 0.1) is 17.0 Å². The number of hydrogen-bond donors (Lipinski definition) is 3. The number of nitrogens with one attached hydrogen (secondary N) is 2. The fourth-order valence-corrected chi connectivity index (χ4v) is 5.04. The predicted molar refractivity (Wildman–Crippen MR) is 162 cm³/mol. The summed E-state index contributed by atoms with van der Waals surface area (Å²) >= 11 is 6.49. The first-order valence-electron chi connectivity index (χ1n) is 12.2. The van der Waals surface area contributed by atoms with Gasteiger partial charge in [0.1, 0.15) is 10.0 Å². The average Bonchev–Trinajstić information content (AvgIpc) is 3.26. The van der Waals surface area contributed by atoms with Crippen LogP contribution in [0.5, 0.6) is 0 Å². The normalized spacial score (nSPS) is 10.9. The maximum absolute atomic E-state index is 13.2. The van der Waals surface area contributed by atoms with E-state index in [2.05, 4.69) is 20.3 Å². The second kappa shape index (κ2) is 14.1. The third-order valence-electron chi connectivity index (χ3n) is 5.51. The maximum Gasteiger partial charge on any atom is 0.337 e. The fraction of sp³-hybridized carbons (Fsp3) is 0.111. The molecule has 0 atom stereocenters. The highest BCUT2D eigenvalue weighted by Crippen LogP contribution is 2.29. The van der Waals surface area contributed by atoms with Crippen LogP contribution in [0.3, 0.4) is 0 Å². The highest BCUT2D eigenvalue weighted by atomic mass is 35.5. The second-order valence-electron chi connectivity index (χ2n) is 8.87. The molecule has 0 aliphatic rings. The van der Waals surface area contributed by atoms with Gasteiger partial charge in [0.2, 0.25) is 6.41 Å². The van der Waals surface area contributed by atoms with Crippen molar-refractivity contribution in [3.63, 3.8) is 0 Å². The van der Waals surface area contributed by atoms with Crippen LogP contribution in [0.15, 0.2) is 82.8 Å². The Hall–Kier alpha value is -5.28. The SMILES string of the molecule is CN(C)C=O.Cc1nn(-c2ccccc2)c(Cl)c1/C=N/Nc1ccc([N+](=O)[O-])cc1S(=O)(=O)Nc1ccccc1C(=O)O. The van der Waals surface area contributed by atoms with Crippen LogP contribution >= 0.6 is 11.6 Å². The van der Waals surface area contributed by atoms with Crippen LogP contribution < -0.4 is 10.1 Å². The molecule has 3 N–H and O–H groups in total. The molecule has 1 amide bonds. The first-order valence-corrected chi connectivity index (χ1v) is 14.1. The first kappa shape index (κ1) is 32.2. The van der Waals surface area contributed by atoms with E-state index in [0.717, 1.165) is 24.2 Å². The van der Waals surface area contributed by atoms with E-state index in [1.54, 1.807) is 21.0 Å². The van der Waals surface area contributed by atoms with Gasteiger partial charge in [0.25, 0.3) is 15.7 Å². The minimum Gasteiger partial charge on any atom is -0.478 e. The van der Waals surface area contributed by atoms with E-state index in [4.69, 9.17) is 11.6 Å². The molecule has 16 heteroatoms. The highest BCUT2D eigenvalue weighted by molar-refractivity contribution is 7.93. The van der Waals surface area contributed by atoms with Crippen molar-refractivity contribution >= 4 is 57.3 Å². The summed E-state index contributed by atoms with van der Waals surface area (Å²) in [5, 5.41) is 29.4. The lowest BCUT2D eigenvalue weighted by molar-refractivity contribution is -0.385. The molecule has 43 heavy (non-hydrogen) atoms. The summed E-state index contributed by atoms with van der Waals surface area (Å²) in [6.07, 6.45) is 2.09. The van der Waals surface area contributed by atoms with Gasteiger partial charge in [-0.1, -0.05) is 41.9 Å². The van der Waals surface area contributed by atoms with Gasteiger partial charge in [-0.3, -0.25) is 25.1 Å². The minimum absolute atomic E-state index is 0.101. The number of aromatic nitrogens is 2. The van der Waals surface area contributed by atoms with Gasteiger partial charge in [-0.25, -0.2) is 17.9 Å². The maximum atomic E-state index is 13.2. The molecule has 0 unspecified atom stereocenters. The number of hydrazone groups is 1. The van der Waals surface area contributed by atoms with Crippen LogP contribution in [0.2, 0.25) is 5.15 Å². The first-order chi connectivity index (χ1) is 20.4. The van der Waals surface area contributed by atoms with Gasteiger partial charge < -0.3 is 10.0 Å². The number of rotatable bonds is 10. The largest absolute Gasteiger partial charge is 0.478 e. The number of nitro benzene ring substituents is 1. The molecule has 0 saturated carbocycles. The molecule has 224 valence electrons. The number of carbonyl (C=O) groups excluding carboxylic acids is 1. The van der Waals surface area contributed by atoms with Crippen LogP contribution in [0.4, 0.5) is 17.1 Å². The molecule has 0 fully saturated rings. The lowest BCUT2D eigenvalue weighted by atomic mass is 10.2. The summed E-state index contributed by atoms with van der Waals surface area (Å²) in [6, 6.07) is 17.6. The zero-order valence-electron chi connectivity index (χ0n) is 23.0. The van der Waals surface area contributed by atoms with E-state index in [9.17, 15) is 33.2 Å². The fourth-order valence-electron chi connectivity index (χ4n) is 3.46. The van der Waals surface area contributed by atoms with Crippen molar-refractivity contribution in [2.75, 3.05) is 24.2 Å². The number of anilines is 2. The molecule has 4 aromatic rings. The Kier molecular flexibility index (Phi) is 10.5. The van der Waals surface area contributed by atoms with Gasteiger partial charge in [-0.15, -0.1) is 0 Å². The number of carboxylic acids is 1. The molecular formula is C27H26ClN7O7S. The molecular weight excluding hydrogens is 602 g/mol. The van der Waals surface area contributed by atoms with E-state index in [1.807, 2.05) is 30.3 Å². The van der Waals surface area contributed by atoms with Gasteiger partial charge in [-0.05, 0) is 37.3 Å². The Labute approximate surface area is 251 Å². The Bertz CT molecular complexity index is 1780. The van der Waals surface area contributed by atoms with Gasteiger partial charge in [0.15, 0.2) is 0 Å². The number of non-ortho nitro benzene ring substituents is 1. The molecule has 0 radical (unpaired) electrons. The third kappa shape index (κ3) is 8.15. The van der Waals surface area contributed by atoms with E-state index in [1.165, 1.54) is 46.1 Å². The smallest absolute Gasteiger partial charge is 0.337 e. The highest BCUT2D eigenvalue weighted by Gasteiger charge is 2.24. The monoisotopic (exact) mass is 627 g/mol. The van der Waals surface area contributed by atoms with Crippen molar-refractivity contribution in [1.82, 2.24) is 14.7 Å². The van der Waals surface area contributed by atoms with Gasteiger partial charge in [-0.2, -0.15) is 10.2 Å². The summed E-state index contributed by atoms with van der Waals surface area (Å²) in [7, 11) is -1.12. The number of sulfonamides is 1. The molecule has 14 nitrogen and oxygen atoms in total. The minimum atomic E-state index is -4.50. The summed E-state index contributed by atoms with van der Waals surface area (Å²) in [5.41, 5.74) is 3.21. The zero-order valence-corrected chi connectivity index (χ0v) is 24.6. The van der Waals surface area contributed by atoms with Crippen molar-refractivity contribution in [3.05, 3.63) is 105 Å². The van der Waals surface area contributed by atoms with Crippen molar-refractivity contribution in [1.29, 1.82) is 0 Å². The lowest BCUT2D eigenvalue weighted by Gasteiger charge is -2.13. The summed E-state index contributed by atoms with van der Waals surface area (Å²) in [4.78, 5) is 32.4. The van der Waals surface area contributed by atoms with Gasteiger partial charge in [0, 0.05) is 26.2 Å². The topological polar surface area (TPSA) is 189 Å². The summed E-state index contributed by atoms with van der Waals surface area (Å²) < 4.78 is 30.1. The number of para-hydroxylation sites is 2. The Morgan fingerprint density at radius 2 is 1.72 bits per heavy atom. The average molecular weight is 628 g/mol. The molecule has 0 saturated heterocycles. The molecule has 4 rings (SSSR count). The van der Waals surface area contributed by atoms with E-state index in [-0.39, 0.29) is 22.1 Å². The summed E-state index contributed by atoms with van der Waals surface area (Å²) in [5.74, 6) is -1.35. The lowest BCUT2D eigenvalue weighted by Crippen LogP contribution is -2.17. The molecule has 0 aliphatic heterocycles. The van der Waals surface area contributed by atoms with Gasteiger partial charge >= 0.3 is 5.97 Å². The van der Waals surface area contributed by atoms with E-state index >= 15 is 0 Å². The number of aryl methyl sites for hydroxylation is 1. The van der Waals surface area contributed by atoms with Crippen molar-refractivity contribution in [2.24, 2.45) is 5.10 Å². The molecule has 1 heterocycles. The van der Waals surface area contributed by atoms with Gasteiger partial charge in [0.05, 0.1) is 45.0 Å². The number of hydrogen-bond acceptors (Lipinski definition) is 9. The number of carbonyl (C=O) groups is 2. The molecule has 0 spiro atoms. The second-order valence-corrected chi connectivity index (χ2v) is 10.9. The van der Waals surface area contributed by atoms with E-state index < -0.39 is 31.5 Å². The number of aromatic carboxylic acids is 1. The van der Waals surface area contributed by atoms with Crippen molar-refractivity contribution < 1.29 is 28.0 Å². The number of nitro groups is 1. The van der Waals surface area contributed by atoms with Crippen LogP contribution in [0.1, 0.15) is 21.6 Å². The quantitative estimate of drug-likeness (QED) is 0.0990. The number of amides is 1.